The topological polar surface area (TPSA) is 77.1 Å². The number of fused-ring (bicyclic) bond motifs is 2. The van der Waals surface area contributed by atoms with E-state index in [-0.39, 0.29) is 18.6 Å². The van der Waals surface area contributed by atoms with E-state index in [1.165, 1.54) is 5.56 Å². The molecule has 168 valence electrons. The van der Waals surface area contributed by atoms with Crippen molar-refractivity contribution < 1.29 is 23.8 Å². The quantitative estimate of drug-likeness (QED) is 0.664. The molecule has 7 nitrogen and oxygen atoms in total. The molecule has 0 fully saturated rings. The fourth-order valence-electron chi connectivity index (χ4n) is 3.91. The minimum atomic E-state index is -0.170. The van der Waals surface area contributed by atoms with Crippen molar-refractivity contribution in [1.82, 2.24) is 10.2 Å². The summed E-state index contributed by atoms with van der Waals surface area (Å²) < 4.78 is 16.6. The number of benzene rings is 3. The minimum Gasteiger partial charge on any atom is -0.491 e. The van der Waals surface area contributed by atoms with E-state index in [4.69, 9.17) is 14.2 Å². The fourth-order valence-corrected chi connectivity index (χ4v) is 3.91. The molecular formula is C26H24N2O5. The first-order valence-electron chi connectivity index (χ1n) is 10.9. The number of rotatable bonds is 4. The number of nitrogens with one attached hydrogen (secondary N) is 1. The first kappa shape index (κ1) is 20.9. The zero-order valence-corrected chi connectivity index (χ0v) is 18.3. The highest BCUT2D eigenvalue weighted by atomic mass is 16.7. The van der Waals surface area contributed by atoms with Crippen LogP contribution in [0.5, 0.6) is 17.2 Å². The lowest BCUT2D eigenvalue weighted by atomic mass is 10.1. The number of ether oxygens (including phenoxy) is 3. The van der Waals surface area contributed by atoms with Gasteiger partial charge in [-0.05, 0) is 48.9 Å². The lowest BCUT2D eigenvalue weighted by Gasteiger charge is -2.20. The number of amides is 2. The molecule has 2 aliphatic heterocycles. The predicted molar refractivity (Wildman–Crippen MR) is 122 cm³/mol. The highest BCUT2D eigenvalue weighted by Crippen LogP contribution is 2.33. The fraction of sp³-hybridized carbons (Fsp3) is 0.231. The highest BCUT2D eigenvalue weighted by molar-refractivity contribution is 5.96. The molecule has 3 aromatic rings. The summed E-state index contributed by atoms with van der Waals surface area (Å²) >= 11 is 0. The van der Waals surface area contributed by atoms with Gasteiger partial charge in [0.25, 0.3) is 11.8 Å². The molecule has 5 rings (SSSR count). The van der Waals surface area contributed by atoms with Crippen molar-refractivity contribution in [3.05, 3.63) is 88.5 Å². The van der Waals surface area contributed by atoms with Crippen molar-refractivity contribution in [3.63, 3.8) is 0 Å². The summed E-state index contributed by atoms with van der Waals surface area (Å²) in [5.41, 5.74) is 4.06. The number of carbonyl (C=O) groups is 2. The van der Waals surface area contributed by atoms with E-state index >= 15 is 0 Å². The van der Waals surface area contributed by atoms with Crippen LogP contribution in [0.2, 0.25) is 0 Å². The Morgan fingerprint density at radius 2 is 1.64 bits per heavy atom. The van der Waals surface area contributed by atoms with E-state index < -0.39 is 0 Å². The van der Waals surface area contributed by atoms with Crippen LogP contribution in [-0.2, 0) is 13.1 Å². The zero-order chi connectivity index (χ0) is 22.8. The van der Waals surface area contributed by atoms with E-state index in [0.717, 1.165) is 11.1 Å². The van der Waals surface area contributed by atoms with Crippen molar-refractivity contribution in [1.29, 1.82) is 0 Å². The third-order valence-electron chi connectivity index (χ3n) is 5.78. The lowest BCUT2D eigenvalue weighted by Crippen LogP contribution is -2.32. The maximum Gasteiger partial charge on any atom is 0.254 e. The zero-order valence-electron chi connectivity index (χ0n) is 18.3. The number of hydrogen-bond acceptors (Lipinski definition) is 5. The minimum absolute atomic E-state index is 0.126. The third kappa shape index (κ3) is 4.48. The van der Waals surface area contributed by atoms with Gasteiger partial charge in [0.1, 0.15) is 12.4 Å². The molecular weight excluding hydrogens is 420 g/mol. The van der Waals surface area contributed by atoms with E-state index in [9.17, 15) is 9.59 Å². The molecule has 0 saturated heterocycles. The standard InChI is InChI=1S/C26H24N2O5/c1-17-2-4-18(5-3-17)14-27-25(29)19-6-8-22-21(12-19)15-28(10-11-31-22)26(30)20-7-9-23-24(13-20)33-16-32-23/h2-9,12-13H,10-11,14-16H2,1H3,(H,27,29). The van der Waals surface area contributed by atoms with Crippen molar-refractivity contribution in [2.24, 2.45) is 0 Å². The normalized spacial score (nSPS) is 14.2. The first-order valence-corrected chi connectivity index (χ1v) is 10.9. The van der Waals surface area contributed by atoms with Gasteiger partial charge < -0.3 is 24.4 Å². The number of nitrogens with zero attached hydrogens (tertiary/aromatic N) is 1. The molecule has 0 unspecified atom stereocenters. The SMILES string of the molecule is Cc1ccc(CNC(=O)c2ccc3c(c2)CN(C(=O)c2ccc4c(c2)OCO4)CCO3)cc1. The average molecular weight is 444 g/mol. The summed E-state index contributed by atoms with van der Waals surface area (Å²) in [5, 5.41) is 2.95. The second-order valence-corrected chi connectivity index (χ2v) is 8.13. The van der Waals surface area contributed by atoms with Crippen LogP contribution in [0, 0.1) is 6.92 Å². The van der Waals surface area contributed by atoms with Gasteiger partial charge in [-0.15, -0.1) is 0 Å². The number of hydrogen-bond donors (Lipinski definition) is 1. The van der Waals surface area contributed by atoms with Gasteiger partial charge in [0.15, 0.2) is 11.5 Å². The van der Waals surface area contributed by atoms with Crippen LogP contribution < -0.4 is 19.5 Å². The largest absolute Gasteiger partial charge is 0.491 e. The summed E-state index contributed by atoms with van der Waals surface area (Å²) in [4.78, 5) is 27.6. The summed E-state index contributed by atoms with van der Waals surface area (Å²) in [6, 6.07) is 18.6. The molecule has 2 aliphatic rings. The Labute approximate surface area is 191 Å². The molecule has 0 aliphatic carbocycles. The molecule has 0 radical (unpaired) electrons. The second kappa shape index (κ2) is 8.86. The van der Waals surface area contributed by atoms with Gasteiger partial charge in [-0.3, -0.25) is 9.59 Å². The molecule has 1 N–H and O–H groups in total. The van der Waals surface area contributed by atoms with Gasteiger partial charge in [-0.1, -0.05) is 29.8 Å². The summed E-state index contributed by atoms with van der Waals surface area (Å²) in [7, 11) is 0. The van der Waals surface area contributed by atoms with Crippen LogP contribution in [0.15, 0.2) is 60.7 Å². The number of carbonyl (C=O) groups excluding carboxylic acids is 2. The molecule has 0 bridgehead atoms. The third-order valence-corrected chi connectivity index (χ3v) is 5.78. The van der Waals surface area contributed by atoms with Crippen molar-refractivity contribution in [2.45, 2.75) is 20.0 Å². The van der Waals surface area contributed by atoms with Gasteiger partial charge in [-0.2, -0.15) is 0 Å². The van der Waals surface area contributed by atoms with Gasteiger partial charge in [0.2, 0.25) is 6.79 Å². The van der Waals surface area contributed by atoms with Crippen molar-refractivity contribution >= 4 is 11.8 Å². The number of aryl methyl sites for hydroxylation is 1. The average Bonchev–Trinajstić information content (AvgIpc) is 3.20. The molecule has 33 heavy (non-hydrogen) atoms. The predicted octanol–water partition coefficient (Wildman–Crippen LogP) is 3.69. The molecule has 3 aromatic carbocycles. The Bertz CT molecular complexity index is 1210. The Balaban J connectivity index is 1.30. The molecule has 0 spiro atoms. The van der Waals surface area contributed by atoms with E-state index in [2.05, 4.69) is 5.32 Å². The smallest absolute Gasteiger partial charge is 0.254 e. The van der Waals surface area contributed by atoms with E-state index in [0.29, 0.717) is 54.6 Å². The second-order valence-electron chi connectivity index (χ2n) is 8.13. The van der Waals surface area contributed by atoms with E-state index in [1.54, 1.807) is 41.3 Å². The highest BCUT2D eigenvalue weighted by Gasteiger charge is 2.24. The summed E-state index contributed by atoms with van der Waals surface area (Å²) in [5.74, 6) is 1.60. The van der Waals surface area contributed by atoms with Crippen LogP contribution in [-0.4, -0.2) is 36.7 Å². The Hall–Kier alpha value is -4.00. The Kier molecular flexibility index (Phi) is 5.60. The van der Waals surface area contributed by atoms with Crippen LogP contribution in [0.25, 0.3) is 0 Å². The Morgan fingerprint density at radius 1 is 0.879 bits per heavy atom. The van der Waals surface area contributed by atoms with Crippen molar-refractivity contribution in [2.75, 3.05) is 19.9 Å². The molecule has 7 heteroatoms. The molecule has 2 heterocycles. The molecule has 0 atom stereocenters. The monoisotopic (exact) mass is 444 g/mol. The molecule has 2 amide bonds. The van der Waals surface area contributed by atoms with Gasteiger partial charge in [-0.25, -0.2) is 0 Å². The maximum atomic E-state index is 13.2. The molecule has 0 aromatic heterocycles. The van der Waals surface area contributed by atoms with Crippen LogP contribution >= 0.6 is 0 Å². The van der Waals surface area contributed by atoms with Gasteiger partial charge in [0.05, 0.1) is 6.54 Å². The van der Waals surface area contributed by atoms with Crippen LogP contribution in [0.4, 0.5) is 0 Å². The lowest BCUT2D eigenvalue weighted by molar-refractivity contribution is 0.0732. The Morgan fingerprint density at radius 3 is 2.48 bits per heavy atom. The van der Waals surface area contributed by atoms with Gasteiger partial charge in [0, 0.05) is 29.8 Å². The van der Waals surface area contributed by atoms with Crippen LogP contribution in [0.3, 0.4) is 0 Å². The maximum absolute atomic E-state index is 13.2. The van der Waals surface area contributed by atoms with Gasteiger partial charge >= 0.3 is 0 Å². The summed E-state index contributed by atoms with van der Waals surface area (Å²) in [6.45, 7) is 3.80. The van der Waals surface area contributed by atoms with E-state index in [1.807, 2.05) is 31.2 Å². The molecule has 0 saturated carbocycles. The summed E-state index contributed by atoms with van der Waals surface area (Å²) in [6.07, 6.45) is 0. The van der Waals surface area contributed by atoms with Crippen LogP contribution in [0.1, 0.15) is 37.4 Å². The van der Waals surface area contributed by atoms with Crippen molar-refractivity contribution in [3.8, 4) is 17.2 Å². The first-order chi connectivity index (χ1) is 16.1.